The molecule has 1 aromatic heterocycles. The lowest BCUT2D eigenvalue weighted by molar-refractivity contribution is 0.636. The lowest BCUT2D eigenvalue weighted by atomic mass is 9.96. The number of aromatic amines is 1. The van der Waals surface area contributed by atoms with Crippen LogP contribution in [-0.4, -0.2) is 9.97 Å². The minimum absolute atomic E-state index is 0.884. The van der Waals surface area contributed by atoms with Gasteiger partial charge in [0.2, 0.25) is 0 Å². The largest absolute Gasteiger partial charge is 0.348 e. The molecule has 1 fully saturated rings. The van der Waals surface area contributed by atoms with Crippen LogP contribution in [0.1, 0.15) is 25.1 Å². The first kappa shape index (κ1) is 7.36. The van der Waals surface area contributed by atoms with Crippen molar-refractivity contribution in [2.24, 2.45) is 11.8 Å². The number of rotatable bonds is 2. The van der Waals surface area contributed by atoms with Crippen molar-refractivity contribution in [3.05, 3.63) is 29.9 Å². The van der Waals surface area contributed by atoms with Crippen LogP contribution in [0, 0.1) is 11.8 Å². The molecule has 2 unspecified atom stereocenters. The molecule has 0 saturated heterocycles. The van der Waals surface area contributed by atoms with Crippen LogP contribution in [0.25, 0.3) is 0 Å². The van der Waals surface area contributed by atoms with E-state index in [-0.39, 0.29) is 0 Å². The first-order valence-electron chi connectivity index (χ1n) is 5.10. The Morgan fingerprint density at radius 2 is 2.46 bits per heavy atom. The zero-order valence-corrected chi connectivity index (χ0v) is 7.66. The summed E-state index contributed by atoms with van der Waals surface area (Å²) in [5, 5.41) is 0. The fourth-order valence-electron chi connectivity index (χ4n) is 2.73. The molecule has 2 aliphatic carbocycles. The third-order valence-electron chi connectivity index (χ3n) is 3.37. The molecule has 0 spiro atoms. The third-order valence-corrected chi connectivity index (χ3v) is 3.37. The van der Waals surface area contributed by atoms with Crippen molar-refractivity contribution in [1.82, 2.24) is 9.97 Å². The van der Waals surface area contributed by atoms with Crippen molar-refractivity contribution < 1.29 is 0 Å². The summed E-state index contributed by atoms with van der Waals surface area (Å²) in [4.78, 5) is 7.44. The van der Waals surface area contributed by atoms with E-state index in [0.717, 1.165) is 24.1 Å². The zero-order valence-electron chi connectivity index (χ0n) is 7.66. The summed E-state index contributed by atoms with van der Waals surface area (Å²) >= 11 is 0. The lowest BCUT2D eigenvalue weighted by Crippen LogP contribution is -2.01. The van der Waals surface area contributed by atoms with Gasteiger partial charge in [-0.3, -0.25) is 0 Å². The van der Waals surface area contributed by atoms with E-state index in [2.05, 4.69) is 16.0 Å². The molecule has 13 heavy (non-hydrogen) atoms. The van der Waals surface area contributed by atoms with Crippen molar-refractivity contribution in [2.75, 3.05) is 0 Å². The van der Waals surface area contributed by atoms with E-state index in [1.54, 1.807) is 5.57 Å². The summed E-state index contributed by atoms with van der Waals surface area (Å²) in [6.45, 7) is 0. The van der Waals surface area contributed by atoms with E-state index >= 15 is 0 Å². The van der Waals surface area contributed by atoms with Gasteiger partial charge in [-0.25, -0.2) is 4.98 Å². The number of imidazole rings is 1. The average Bonchev–Trinajstić information content (AvgIpc) is 2.77. The van der Waals surface area contributed by atoms with Crippen LogP contribution < -0.4 is 0 Å². The Balaban J connectivity index is 1.78. The molecule has 0 aromatic carbocycles. The van der Waals surface area contributed by atoms with Gasteiger partial charge in [0.1, 0.15) is 5.82 Å². The van der Waals surface area contributed by atoms with E-state index in [4.69, 9.17) is 0 Å². The summed E-state index contributed by atoms with van der Waals surface area (Å²) in [5.74, 6) is 2.91. The first-order chi connectivity index (χ1) is 6.42. The Bertz CT molecular complexity index is 324. The van der Waals surface area contributed by atoms with Crippen molar-refractivity contribution >= 4 is 0 Å². The standard InChI is InChI=1S/C11H14N2/c1-2-9-5-8(1)6-10(9)7-11-12-3-4-13-11/h3-4,6,8-9H,1-2,5,7H2,(H,12,13). The number of hydrogen-bond acceptors (Lipinski definition) is 1. The zero-order chi connectivity index (χ0) is 8.67. The summed E-state index contributed by atoms with van der Waals surface area (Å²) in [7, 11) is 0. The topological polar surface area (TPSA) is 28.7 Å². The maximum Gasteiger partial charge on any atom is 0.110 e. The highest BCUT2D eigenvalue weighted by Gasteiger charge is 2.32. The van der Waals surface area contributed by atoms with Crippen molar-refractivity contribution in [1.29, 1.82) is 0 Å². The molecule has 2 aliphatic rings. The third kappa shape index (κ3) is 1.21. The summed E-state index contributed by atoms with van der Waals surface area (Å²) in [6, 6.07) is 0. The molecule has 68 valence electrons. The van der Waals surface area contributed by atoms with E-state index in [1.807, 2.05) is 12.4 Å². The van der Waals surface area contributed by atoms with Crippen LogP contribution in [0.3, 0.4) is 0 Å². The van der Waals surface area contributed by atoms with Crippen molar-refractivity contribution in [2.45, 2.75) is 25.7 Å². The number of nitrogens with zero attached hydrogens (tertiary/aromatic N) is 1. The molecule has 0 amide bonds. The molecule has 1 aromatic rings. The summed E-state index contributed by atoms with van der Waals surface area (Å²) in [6.07, 6.45) is 11.5. The fraction of sp³-hybridized carbons (Fsp3) is 0.545. The molecule has 1 heterocycles. The first-order valence-corrected chi connectivity index (χ1v) is 5.10. The number of hydrogen-bond donors (Lipinski definition) is 1. The van der Waals surface area contributed by atoms with E-state index in [0.29, 0.717) is 0 Å². The van der Waals surface area contributed by atoms with Crippen LogP contribution in [0.2, 0.25) is 0 Å². The SMILES string of the molecule is C1=C(Cc2ncc[nH]2)C2CCC1C2. The highest BCUT2D eigenvalue weighted by atomic mass is 14.9. The van der Waals surface area contributed by atoms with Gasteiger partial charge in [-0.05, 0) is 31.1 Å². The molecule has 1 saturated carbocycles. The van der Waals surface area contributed by atoms with Crippen LogP contribution >= 0.6 is 0 Å². The van der Waals surface area contributed by atoms with Gasteiger partial charge in [0.15, 0.2) is 0 Å². The average molecular weight is 174 g/mol. The second-order valence-electron chi connectivity index (χ2n) is 4.22. The predicted octanol–water partition coefficient (Wildman–Crippen LogP) is 2.31. The summed E-state index contributed by atoms with van der Waals surface area (Å²) < 4.78 is 0. The molecule has 1 N–H and O–H groups in total. The van der Waals surface area contributed by atoms with Gasteiger partial charge >= 0.3 is 0 Å². The molecule has 3 rings (SSSR count). The summed E-state index contributed by atoms with van der Waals surface area (Å²) in [5.41, 5.74) is 1.63. The van der Waals surface area contributed by atoms with Crippen LogP contribution in [-0.2, 0) is 6.42 Å². The lowest BCUT2D eigenvalue weighted by Gasteiger charge is -2.11. The maximum absolute atomic E-state index is 4.27. The van der Waals surface area contributed by atoms with Gasteiger partial charge in [-0.1, -0.05) is 11.6 Å². The monoisotopic (exact) mass is 174 g/mol. The van der Waals surface area contributed by atoms with Gasteiger partial charge in [-0.2, -0.15) is 0 Å². The van der Waals surface area contributed by atoms with E-state index < -0.39 is 0 Å². The Morgan fingerprint density at radius 3 is 3.08 bits per heavy atom. The number of nitrogens with one attached hydrogen (secondary N) is 1. The normalized spacial score (nSPS) is 30.9. The smallest absolute Gasteiger partial charge is 0.110 e. The number of H-pyrrole nitrogens is 1. The molecule has 2 heteroatoms. The molecule has 0 radical (unpaired) electrons. The molecule has 2 atom stereocenters. The van der Waals surface area contributed by atoms with Gasteiger partial charge < -0.3 is 4.98 Å². The Morgan fingerprint density at radius 1 is 1.46 bits per heavy atom. The molecule has 2 bridgehead atoms. The Labute approximate surface area is 78.1 Å². The molecule has 2 nitrogen and oxygen atoms in total. The Hall–Kier alpha value is -1.05. The van der Waals surface area contributed by atoms with Gasteiger partial charge in [0.25, 0.3) is 0 Å². The number of aromatic nitrogens is 2. The number of fused-ring (bicyclic) bond motifs is 2. The van der Waals surface area contributed by atoms with Crippen molar-refractivity contribution in [3.8, 4) is 0 Å². The minimum Gasteiger partial charge on any atom is -0.348 e. The van der Waals surface area contributed by atoms with Gasteiger partial charge in [-0.15, -0.1) is 0 Å². The molecular weight excluding hydrogens is 160 g/mol. The fourth-order valence-corrected chi connectivity index (χ4v) is 2.73. The van der Waals surface area contributed by atoms with Crippen molar-refractivity contribution in [3.63, 3.8) is 0 Å². The Kier molecular flexibility index (Phi) is 1.54. The van der Waals surface area contributed by atoms with Crippen LogP contribution in [0.15, 0.2) is 24.0 Å². The highest BCUT2D eigenvalue weighted by molar-refractivity contribution is 5.22. The van der Waals surface area contributed by atoms with Gasteiger partial charge in [0.05, 0.1) is 0 Å². The van der Waals surface area contributed by atoms with E-state index in [9.17, 15) is 0 Å². The second kappa shape index (κ2) is 2.72. The quantitative estimate of drug-likeness (QED) is 0.685. The van der Waals surface area contributed by atoms with Crippen LogP contribution in [0.5, 0.6) is 0 Å². The predicted molar refractivity (Wildman–Crippen MR) is 51.2 cm³/mol. The maximum atomic E-state index is 4.27. The molecular formula is C11H14N2. The number of allylic oxidation sites excluding steroid dienone is 2. The molecule has 0 aliphatic heterocycles. The highest BCUT2D eigenvalue weighted by Crippen LogP contribution is 2.44. The van der Waals surface area contributed by atoms with E-state index in [1.165, 1.54) is 19.3 Å². The second-order valence-corrected chi connectivity index (χ2v) is 4.22. The van der Waals surface area contributed by atoms with Gasteiger partial charge in [0, 0.05) is 18.8 Å². The minimum atomic E-state index is 0.884. The van der Waals surface area contributed by atoms with Crippen LogP contribution in [0.4, 0.5) is 0 Å².